The van der Waals surface area contributed by atoms with Crippen molar-refractivity contribution in [3.63, 3.8) is 0 Å². The maximum atomic E-state index is 12.7. The predicted octanol–water partition coefficient (Wildman–Crippen LogP) is 4.44. The molecule has 3 N–H and O–H groups in total. The molecule has 0 fully saturated rings. The van der Waals surface area contributed by atoms with Crippen molar-refractivity contribution in [2.75, 3.05) is 29.7 Å². The Bertz CT molecular complexity index is 981. The van der Waals surface area contributed by atoms with Crippen LogP contribution in [-0.4, -0.2) is 64.5 Å². The molecule has 12 heteroatoms. The highest BCUT2D eigenvalue weighted by atomic mass is 35.5. The van der Waals surface area contributed by atoms with Gasteiger partial charge in [-0.1, -0.05) is 13.8 Å². The number of carbonyl (C=O) groups is 2. The third-order valence-corrected chi connectivity index (χ3v) is 6.04. The highest BCUT2D eigenvalue weighted by Gasteiger charge is 2.26. The van der Waals surface area contributed by atoms with Gasteiger partial charge < -0.3 is 25.3 Å². The summed E-state index contributed by atoms with van der Waals surface area (Å²) >= 11 is 11.9. The number of hydrogen-bond acceptors (Lipinski definition) is 6. The van der Waals surface area contributed by atoms with Crippen molar-refractivity contribution in [1.29, 1.82) is 0 Å². The lowest BCUT2D eigenvalue weighted by Crippen LogP contribution is -2.49. The number of benzene rings is 1. The molecule has 8 nitrogen and oxygen atoms in total. The fourth-order valence-corrected chi connectivity index (χ4v) is 4.33. The van der Waals surface area contributed by atoms with Crippen molar-refractivity contribution in [2.45, 2.75) is 65.1 Å². The number of aryl methyl sites for hydroxylation is 2. The number of imidazole rings is 1. The van der Waals surface area contributed by atoms with Gasteiger partial charge in [-0.15, -0.1) is 48.0 Å². The number of ether oxygens (including phenoxy) is 1. The van der Waals surface area contributed by atoms with Crippen LogP contribution in [0, 0.1) is 5.92 Å². The topological polar surface area (TPSA) is 102 Å². The van der Waals surface area contributed by atoms with E-state index >= 15 is 0 Å². The van der Waals surface area contributed by atoms with E-state index in [-0.39, 0.29) is 42.7 Å². The number of fused-ring (bicyclic) bond motifs is 1. The molecule has 1 heterocycles. The molecule has 0 aliphatic rings. The zero-order valence-corrected chi connectivity index (χ0v) is 25.4. The first-order valence-corrected chi connectivity index (χ1v) is 13.2. The normalized spacial score (nSPS) is 12.6. The van der Waals surface area contributed by atoms with Gasteiger partial charge in [-0.25, -0.2) is 9.78 Å². The number of esters is 1. The average Bonchev–Trinajstić information content (AvgIpc) is 3.10. The van der Waals surface area contributed by atoms with E-state index in [4.69, 9.17) is 38.7 Å². The summed E-state index contributed by atoms with van der Waals surface area (Å²) in [5.41, 5.74) is 9.06. The number of aromatic nitrogens is 2. The highest BCUT2D eigenvalue weighted by molar-refractivity contribution is 6.18. The molecule has 0 aliphatic carbocycles. The Hall–Kier alpha value is -1.45. The summed E-state index contributed by atoms with van der Waals surface area (Å²) < 4.78 is 7.32. The van der Waals surface area contributed by atoms with E-state index in [0.717, 1.165) is 22.5 Å². The Kier molecular flexibility index (Phi) is 16.5. The van der Waals surface area contributed by atoms with Gasteiger partial charge in [-0.2, -0.15) is 0 Å². The molecule has 0 saturated heterocycles. The van der Waals surface area contributed by atoms with Crippen LogP contribution in [0.5, 0.6) is 0 Å². The maximum absolute atomic E-state index is 12.7. The van der Waals surface area contributed by atoms with Gasteiger partial charge in [0.25, 0.3) is 0 Å². The van der Waals surface area contributed by atoms with Crippen molar-refractivity contribution in [3.8, 4) is 0 Å². The summed E-state index contributed by atoms with van der Waals surface area (Å²) in [5, 5.41) is 2.78. The third kappa shape index (κ3) is 10.7. The summed E-state index contributed by atoms with van der Waals surface area (Å²) in [7, 11) is 1.95. The molecular formula is C25H41Cl4N5O3. The molecule has 0 radical (unpaired) electrons. The largest absolute Gasteiger partial charge is 0.461 e. The van der Waals surface area contributed by atoms with E-state index in [1.54, 1.807) is 13.8 Å². The number of amides is 1. The Morgan fingerprint density at radius 2 is 1.76 bits per heavy atom. The Labute approximate surface area is 242 Å². The van der Waals surface area contributed by atoms with Crippen molar-refractivity contribution >= 4 is 76.6 Å². The number of hydrogen-bond donors (Lipinski definition) is 2. The minimum Gasteiger partial charge on any atom is -0.461 e. The van der Waals surface area contributed by atoms with Crippen molar-refractivity contribution in [2.24, 2.45) is 18.7 Å². The second kappa shape index (κ2) is 17.2. The van der Waals surface area contributed by atoms with E-state index in [2.05, 4.69) is 10.2 Å². The van der Waals surface area contributed by atoms with E-state index in [0.29, 0.717) is 44.1 Å². The molecule has 0 bridgehead atoms. The zero-order valence-electron chi connectivity index (χ0n) is 22.2. The van der Waals surface area contributed by atoms with Crippen LogP contribution in [0.1, 0.15) is 46.4 Å². The number of rotatable bonds is 14. The molecule has 212 valence electrons. The van der Waals surface area contributed by atoms with Gasteiger partial charge in [0, 0.05) is 44.0 Å². The van der Waals surface area contributed by atoms with Crippen molar-refractivity contribution < 1.29 is 14.3 Å². The molecule has 2 atom stereocenters. The predicted molar refractivity (Wildman–Crippen MR) is 158 cm³/mol. The van der Waals surface area contributed by atoms with Gasteiger partial charge in [0.2, 0.25) is 5.91 Å². The minimum absolute atomic E-state index is 0. The van der Waals surface area contributed by atoms with Crippen LogP contribution in [0.3, 0.4) is 0 Å². The second-order valence-corrected chi connectivity index (χ2v) is 10.2. The molecule has 1 aromatic carbocycles. The summed E-state index contributed by atoms with van der Waals surface area (Å²) in [5.74, 6) is 1.27. The lowest BCUT2D eigenvalue weighted by Gasteiger charge is -2.22. The number of nitrogens with one attached hydrogen (secondary N) is 1. The second-order valence-electron chi connectivity index (χ2n) is 9.45. The number of anilines is 1. The van der Waals surface area contributed by atoms with Crippen LogP contribution >= 0.6 is 48.0 Å². The number of alkyl halides is 2. The van der Waals surface area contributed by atoms with E-state index in [1.165, 1.54) is 0 Å². The monoisotopic (exact) mass is 599 g/mol. The first-order chi connectivity index (χ1) is 16.6. The molecule has 0 spiro atoms. The number of nitrogens with two attached hydrogens (primary N) is 1. The van der Waals surface area contributed by atoms with E-state index in [1.807, 2.05) is 43.7 Å². The van der Waals surface area contributed by atoms with Crippen molar-refractivity contribution in [3.05, 3.63) is 24.0 Å². The molecule has 37 heavy (non-hydrogen) atoms. The van der Waals surface area contributed by atoms with Crippen molar-refractivity contribution in [1.82, 2.24) is 14.9 Å². The lowest BCUT2D eigenvalue weighted by molar-refractivity contribution is -0.152. The first-order valence-electron chi connectivity index (χ1n) is 12.2. The smallest absolute Gasteiger partial charge is 0.328 e. The maximum Gasteiger partial charge on any atom is 0.328 e. The summed E-state index contributed by atoms with van der Waals surface area (Å²) in [6.07, 6.45) is 1.15. The molecule has 1 amide bonds. The van der Waals surface area contributed by atoms with E-state index < -0.39 is 18.1 Å². The third-order valence-electron chi connectivity index (χ3n) is 5.71. The van der Waals surface area contributed by atoms with Gasteiger partial charge in [0.1, 0.15) is 11.9 Å². The Morgan fingerprint density at radius 3 is 2.30 bits per heavy atom. The molecular weight excluding hydrogens is 560 g/mol. The average molecular weight is 601 g/mol. The van der Waals surface area contributed by atoms with Gasteiger partial charge in [0.05, 0.1) is 23.2 Å². The van der Waals surface area contributed by atoms with Crippen LogP contribution in [-0.2, 0) is 27.8 Å². The zero-order chi connectivity index (χ0) is 26.1. The molecule has 2 aromatic rings. The molecule has 1 aromatic heterocycles. The SMILES string of the molecule is CC(C)CC(NC(=O)C(N)CCc1nc2cc(N(CCCl)CCCl)ccc2n1C)C(=O)OC(C)C.Cl.Cl. The van der Waals surface area contributed by atoms with Gasteiger partial charge in [-0.3, -0.25) is 4.79 Å². The molecule has 2 rings (SSSR count). The quantitative estimate of drug-likeness (QED) is 0.245. The lowest BCUT2D eigenvalue weighted by atomic mass is 10.0. The highest BCUT2D eigenvalue weighted by Crippen LogP contribution is 2.23. The van der Waals surface area contributed by atoms with Gasteiger partial charge in [-0.05, 0) is 50.8 Å². The first kappa shape index (κ1) is 35.5. The minimum atomic E-state index is -0.769. The molecule has 0 saturated carbocycles. The van der Waals surface area contributed by atoms with Gasteiger partial charge in [0.15, 0.2) is 0 Å². The van der Waals surface area contributed by atoms with Gasteiger partial charge >= 0.3 is 5.97 Å². The standard InChI is InChI=1S/C25H39Cl2N5O3.2ClH/c1-16(2)14-21(25(34)35-17(3)4)30-24(33)19(28)7-9-23-29-20-15-18(6-8-22(20)31(23)5)32(12-10-26)13-11-27;;/h6,8,15-17,19,21H,7,9-14,28H2,1-5H3,(H,30,33);2*1H. The van der Waals surface area contributed by atoms with Crippen LogP contribution in [0.2, 0.25) is 0 Å². The number of halogens is 4. The molecule has 0 aliphatic heterocycles. The fourth-order valence-electron chi connectivity index (χ4n) is 3.93. The summed E-state index contributed by atoms with van der Waals surface area (Å²) in [4.78, 5) is 32.1. The van der Waals surface area contributed by atoms with Crippen LogP contribution in [0.25, 0.3) is 11.0 Å². The van der Waals surface area contributed by atoms with Crippen LogP contribution in [0.15, 0.2) is 18.2 Å². The summed E-state index contributed by atoms with van der Waals surface area (Å²) in [6, 6.07) is 4.61. The number of nitrogens with zero attached hydrogens (tertiary/aromatic N) is 3. The Morgan fingerprint density at radius 1 is 1.14 bits per heavy atom. The number of carbonyl (C=O) groups excluding carboxylic acids is 2. The molecule has 2 unspecified atom stereocenters. The van der Waals surface area contributed by atoms with Crippen LogP contribution < -0.4 is 16.0 Å². The van der Waals surface area contributed by atoms with Crippen LogP contribution in [0.4, 0.5) is 5.69 Å². The van der Waals surface area contributed by atoms with E-state index in [9.17, 15) is 9.59 Å². The summed E-state index contributed by atoms with van der Waals surface area (Å²) in [6.45, 7) is 8.95. The Balaban J connectivity index is 0.00000648. The fraction of sp³-hybridized carbons (Fsp3) is 0.640.